The first kappa shape index (κ1) is 20.5. The van der Waals surface area contributed by atoms with Crippen molar-refractivity contribution in [3.05, 3.63) is 83.1 Å². The minimum absolute atomic E-state index is 0.731. The molecule has 2 nitrogen and oxygen atoms in total. The highest BCUT2D eigenvalue weighted by atomic mass is 35.5. The van der Waals surface area contributed by atoms with Crippen molar-refractivity contribution in [2.45, 2.75) is 38.5 Å². The molecule has 4 rings (SSSR count). The summed E-state index contributed by atoms with van der Waals surface area (Å²) >= 11 is 5.95. The quantitative estimate of drug-likeness (QED) is 0.412. The topological polar surface area (TPSA) is 22.1 Å². The lowest BCUT2D eigenvalue weighted by Gasteiger charge is -2.21. The van der Waals surface area contributed by atoms with Crippen LogP contribution in [0.3, 0.4) is 0 Å². The molecule has 1 fully saturated rings. The van der Waals surface area contributed by atoms with Gasteiger partial charge >= 0.3 is 0 Å². The largest absolute Gasteiger partial charge is 0.494 e. The van der Waals surface area contributed by atoms with Crippen LogP contribution in [0.5, 0.6) is 5.75 Å². The zero-order valence-electron chi connectivity index (χ0n) is 17.1. The molecular weight excluding hydrogens is 390 g/mol. The Morgan fingerprint density at radius 2 is 1.57 bits per heavy atom. The molecule has 0 spiro atoms. The summed E-state index contributed by atoms with van der Waals surface area (Å²) in [4.78, 5) is 4.46. The molecule has 0 atom stereocenters. The highest BCUT2D eigenvalue weighted by Crippen LogP contribution is 2.26. The van der Waals surface area contributed by atoms with Gasteiger partial charge in [0.2, 0.25) is 0 Å². The highest BCUT2D eigenvalue weighted by Gasteiger charge is 2.13. The van der Waals surface area contributed by atoms with E-state index in [0.29, 0.717) is 0 Å². The number of halogens is 1. The van der Waals surface area contributed by atoms with Gasteiger partial charge in [-0.15, -0.1) is 0 Å². The van der Waals surface area contributed by atoms with Gasteiger partial charge in [0.25, 0.3) is 0 Å². The van der Waals surface area contributed by atoms with Crippen LogP contribution < -0.4 is 4.74 Å². The van der Waals surface area contributed by atoms with Crippen molar-refractivity contribution in [1.82, 2.24) is 4.98 Å². The fourth-order valence-corrected chi connectivity index (χ4v) is 4.00. The second kappa shape index (κ2) is 10.3. The molecule has 0 aliphatic heterocycles. The van der Waals surface area contributed by atoms with Gasteiger partial charge in [-0.25, -0.2) is 4.98 Å². The minimum Gasteiger partial charge on any atom is -0.494 e. The van der Waals surface area contributed by atoms with Gasteiger partial charge in [0.15, 0.2) is 0 Å². The van der Waals surface area contributed by atoms with Crippen LogP contribution in [-0.4, -0.2) is 11.6 Å². The molecule has 0 N–H and O–H groups in total. The van der Waals surface area contributed by atoms with Crippen molar-refractivity contribution in [3.8, 4) is 28.7 Å². The van der Waals surface area contributed by atoms with E-state index in [1.807, 2.05) is 66.9 Å². The lowest BCUT2D eigenvalue weighted by atomic mass is 9.87. The third-order valence-corrected chi connectivity index (χ3v) is 5.90. The molecule has 1 aromatic heterocycles. The molecule has 0 radical (unpaired) electrons. The van der Waals surface area contributed by atoms with Gasteiger partial charge in [0.05, 0.1) is 6.61 Å². The summed E-state index contributed by atoms with van der Waals surface area (Å²) in [5.74, 6) is 8.08. The predicted molar refractivity (Wildman–Crippen MR) is 124 cm³/mol. The van der Waals surface area contributed by atoms with E-state index in [4.69, 9.17) is 16.3 Å². The van der Waals surface area contributed by atoms with Crippen molar-refractivity contribution in [3.63, 3.8) is 0 Å². The summed E-state index contributed by atoms with van der Waals surface area (Å²) in [5.41, 5.74) is 3.84. The van der Waals surface area contributed by atoms with Gasteiger partial charge in [-0.2, -0.15) is 0 Å². The Balaban J connectivity index is 1.30. The lowest BCUT2D eigenvalue weighted by Crippen LogP contribution is -2.10. The van der Waals surface area contributed by atoms with E-state index in [0.717, 1.165) is 45.7 Å². The summed E-state index contributed by atoms with van der Waals surface area (Å²) in [6, 6.07) is 19.7. The maximum atomic E-state index is 5.95. The SMILES string of the molecule is Clc1ccc(-c2ccc(C#Cc3ccc(OCCC4CCCCC4)cc3)nc2)cc1. The fourth-order valence-electron chi connectivity index (χ4n) is 3.87. The average Bonchev–Trinajstić information content (AvgIpc) is 2.80. The Labute approximate surface area is 184 Å². The molecule has 30 heavy (non-hydrogen) atoms. The molecule has 0 amide bonds. The van der Waals surface area contributed by atoms with Crippen molar-refractivity contribution < 1.29 is 4.74 Å². The number of aromatic nitrogens is 1. The standard InChI is InChI=1S/C27H26ClNO/c28-25-12-9-23(10-13-25)24-11-15-26(29-20-24)14-6-22-7-16-27(17-8-22)30-19-18-21-4-2-1-3-5-21/h7-13,15-17,20-21H,1-5,18-19H2. The molecule has 0 unspecified atom stereocenters. The van der Waals surface area contributed by atoms with Gasteiger partial charge in [0.1, 0.15) is 11.4 Å². The van der Waals surface area contributed by atoms with E-state index in [-0.39, 0.29) is 0 Å². The van der Waals surface area contributed by atoms with Crippen LogP contribution in [0.25, 0.3) is 11.1 Å². The van der Waals surface area contributed by atoms with E-state index in [1.54, 1.807) is 0 Å². The van der Waals surface area contributed by atoms with Crippen LogP contribution >= 0.6 is 11.6 Å². The summed E-state index contributed by atoms with van der Waals surface area (Å²) < 4.78 is 5.92. The van der Waals surface area contributed by atoms with Crippen LogP contribution in [0.2, 0.25) is 5.02 Å². The Bertz CT molecular complexity index is 992. The number of nitrogens with zero attached hydrogens (tertiary/aromatic N) is 1. The summed E-state index contributed by atoms with van der Waals surface area (Å²) in [6.07, 6.45) is 9.92. The molecule has 1 aliphatic carbocycles. The average molecular weight is 416 g/mol. The second-order valence-corrected chi connectivity index (χ2v) is 8.29. The van der Waals surface area contributed by atoms with Crippen LogP contribution in [-0.2, 0) is 0 Å². The van der Waals surface area contributed by atoms with E-state index >= 15 is 0 Å². The Morgan fingerprint density at radius 1 is 0.833 bits per heavy atom. The van der Waals surface area contributed by atoms with Crippen LogP contribution in [0, 0.1) is 17.8 Å². The molecule has 1 heterocycles. The van der Waals surface area contributed by atoms with Crippen molar-refractivity contribution in [2.75, 3.05) is 6.61 Å². The van der Waals surface area contributed by atoms with Crippen molar-refractivity contribution in [1.29, 1.82) is 0 Å². The number of ether oxygens (including phenoxy) is 1. The number of hydrogen-bond donors (Lipinski definition) is 0. The molecule has 0 bridgehead atoms. The maximum Gasteiger partial charge on any atom is 0.119 e. The first-order chi connectivity index (χ1) is 14.8. The van der Waals surface area contributed by atoms with E-state index < -0.39 is 0 Å². The Hall–Kier alpha value is -2.76. The van der Waals surface area contributed by atoms with Crippen molar-refractivity contribution >= 4 is 11.6 Å². The van der Waals surface area contributed by atoms with Crippen LogP contribution in [0.15, 0.2) is 66.9 Å². The second-order valence-electron chi connectivity index (χ2n) is 7.85. The zero-order chi connectivity index (χ0) is 20.6. The zero-order valence-corrected chi connectivity index (χ0v) is 17.9. The number of benzene rings is 2. The Kier molecular flexibility index (Phi) is 7.06. The van der Waals surface area contributed by atoms with E-state index in [9.17, 15) is 0 Å². The molecule has 0 saturated heterocycles. The summed E-state index contributed by atoms with van der Waals surface area (Å²) in [6.45, 7) is 0.805. The van der Waals surface area contributed by atoms with Gasteiger partial charge in [-0.1, -0.05) is 67.8 Å². The number of rotatable bonds is 5. The molecule has 3 aromatic rings. The van der Waals surface area contributed by atoms with E-state index in [1.165, 1.54) is 38.5 Å². The first-order valence-corrected chi connectivity index (χ1v) is 11.1. The minimum atomic E-state index is 0.731. The van der Waals surface area contributed by atoms with E-state index in [2.05, 4.69) is 16.8 Å². The molecule has 2 aromatic carbocycles. The maximum absolute atomic E-state index is 5.95. The highest BCUT2D eigenvalue weighted by molar-refractivity contribution is 6.30. The van der Waals surface area contributed by atoms with Gasteiger partial charge in [-0.05, 0) is 66.3 Å². The molecule has 1 aliphatic rings. The number of pyridine rings is 1. The molecule has 1 saturated carbocycles. The fraction of sp³-hybridized carbons (Fsp3) is 0.296. The van der Waals surface area contributed by atoms with Crippen LogP contribution in [0.4, 0.5) is 0 Å². The van der Waals surface area contributed by atoms with Crippen LogP contribution in [0.1, 0.15) is 49.8 Å². The molecule has 3 heteroatoms. The normalized spacial score (nSPS) is 14.0. The monoisotopic (exact) mass is 415 g/mol. The summed E-state index contributed by atoms with van der Waals surface area (Å²) in [7, 11) is 0. The molecular formula is C27H26ClNO. The number of hydrogen-bond acceptors (Lipinski definition) is 2. The molecule has 152 valence electrons. The third-order valence-electron chi connectivity index (χ3n) is 5.65. The summed E-state index contributed by atoms with van der Waals surface area (Å²) in [5, 5.41) is 0.731. The van der Waals surface area contributed by atoms with Gasteiger partial charge in [-0.3, -0.25) is 0 Å². The van der Waals surface area contributed by atoms with Crippen molar-refractivity contribution in [2.24, 2.45) is 5.92 Å². The Morgan fingerprint density at radius 3 is 2.27 bits per heavy atom. The smallest absolute Gasteiger partial charge is 0.119 e. The van der Waals surface area contributed by atoms with Gasteiger partial charge < -0.3 is 4.74 Å². The third kappa shape index (κ3) is 5.88. The lowest BCUT2D eigenvalue weighted by molar-refractivity contribution is 0.246. The first-order valence-electron chi connectivity index (χ1n) is 10.7. The van der Waals surface area contributed by atoms with Gasteiger partial charge in [0, 0.05) is 22.3 Å². The predicted octanol–water partition coefficient (Wildman–Crippen LogP) is 7.15.